The summed E-state index contributed by atoms with van der Waals surface area (Å²) in [5.74, 6) is -3.93. The second-order valence-electron chi connectivity index (χ2n) is 5.18. The van der Waals surface area contributed by atoms with Crippen LogP contribution in [-0.2, 0) is 11.2 Å². The smallest absolute Gasteiger partial charge is 0.475 e. The Kier molecular flexibility index (Phi) is 8.17. The number of pyridine rings is 1. The number of nitrogens with one attached hydrogen (secondary N) is 1. The van der Waals surface area contributed by atoms with E-state index in [1.807, 2.05) is 25.1 Å². The van der Waals surface area contributed by atoms with E-state index in [0.29, 0.717) is 13.0 Å². The van der Waals surface area contributed by atoms with Crippen LogP contribution < -0.4 is 5.32 Å². The monoisotopic (exact) mass is 406 g/mol. The van der Waals surface area contributed by atoms with Gasteiger partial charge in [-0.05, 0) is 31.2 Å². The van der Waals surface area contributed by atoms with Crippen LogP contribution >= 0.6 is 11.6 Å². The third-order valence-electron chi connectivity index (χ3n) is 3.05. The van der Waals surface area contributed by atoms with E-state index in [-0.39, 0.29) is 10.6 Å². The average molecular weight is 407 g/mol. The molecule has 10 heteroatoms. The SMILES string of the molecule is Cc1cccc(CCNC(=O)c2cccc(Cl)c2F)n1.O=C(O)C(F)(F)F. The number of nitrogens with zero attached hydrogens (tertiary/aromatic N) is 1. The molecular weight excluding hydrogens is 392 g/mol. The van der Waals surface area contributed by atoms with Crippen molar-refractivity contribution >= 4 is 23.5 Å². The third-order valence-corrected chi connectivity index (χ3v) is 3.34. The number of aryl methyl sites for hydroxylation is 1. The molecule has 0 saturated heterocycles. The molecule has 146 valence electrons. The molecule has 1 aromatic carbocycles. The molecule has 1 aromatic heterocycles. The number of hydrogen-bond donors (Lipinski definition) is 2. The molecule has 0 fully saturated rings. The molecule has 1 amide bonds. The highest BCUT2D eigenvalue weighted by molar-refractivity contribution is 6.31. The minimum atomic E-state index is -5.08. The van der Waals surface area contributed by atoms with E-state index in [9.17, 15) is 22.4 Å². The number of aliphatic carboxylic acids is 1. The Bertz CT molecular complexity index is 813. The van der Waals surface area contributed by atoms with E-state index in [4.69, 9.17) is 21.5 Å². The lowest BCUT2D eigenvalue weighted by Crippen LogP contribution is -2.26. The van der Waals surface area contributed by atoms with Crippen LogP contribution in [0.3, 0.4) is 0 Å². The van der Waals surface area contributed by atoms with Gasteiger partial charge in [0.05, 0.1) is 10.6 Å². The zero-order valence-electron chi connectivity index (χ0n) is 14.0. The van der Waals surface area contributed by atoms with Gasteiger partial charge < -0.3 is 10.4 Å². The molecule has 2 N–H and O–H groups in total. The number of halogens is 5. The topological polar surface area (TPSA) is 79.3 Å². The molecular formula is C17H15ClF4N2O3. The van der Waals surface area contributed by atoms with Gasteiger partial charge in [-0.1, -0.05) is 23.7 Å². The van der Waals surface area contributed by atoms with Gasteiger partial charge >= 0.3 is 12.1 Å². The van der Waals surface area contributed by atoms with Crippen molar-refractivity contribution in [3.8, 4) is 0 Å². The molecule has 0 aliphatic heterocycles. The van der Waals surface area contributed by atoms with Crippen molar-refractivity contribution in [1.29, 1.82) is 0 Å². The first-order valence-corrected chi connectivity index (χ1v) is 7.85. The molecule has 0 spiro atoms. The fourth-order valence-corrected chi connectivity index (χ4v) is 1.99. The lowest BCUT2D eigenvalue weighted by atomic mass is 10.2. The first-order valence-electron chi connectivity index (χ1n) is 7.47. The third kappa shape index (κ3) is 7.61. The zero-order valence-corrected chi connectivity index (χ0v) is 14.7. The maximum Gasteiger partial charge on any atom is 0.490 e. The van der Waals surface area contributed by atoms with Gasteiger partial charge in [0.2, 0.25) is 0 Å². The molecule has 0 saturated carbocycles. The molecule has 0 aliphatic carbocycles. The Morgan fingerprint density at radius 3 is 2.33 bits per heavy atom. The Morgan fingerprint density at radius 1 is 1.19 bits per heavy atom. The molecule has 5 nitrogen and oxygen atoms in total. The van der Waals surface area contributed by atoms with Crippen molar-refractivity contribution in [3.05, 3.63) is 64.2 Å². The highest BCUT2D eigenvalue weighted by Crippen LogP contribution is 2.17. The minimum Gasteiger partial charge on any atom is -0.475 e. The highest BCUT2D eigenvalue weighted by atomic mass is 35.5. The number of carbonyl (C=O) groups is 2. The fourth-order valence-electron chi connectivity index (χ4n) is 1.82. The van der Waals surface area contributed by atoms with Crippen molar-refractivity contribution in [1.82, 2.24) is 10.3 Å². The summed E-state index contributed by atoms with van der Waals surface area (Å²) in [5, 5.41) is 9.72. The van der Waals surface area contributed by atoms with Gasteiger partial charge in [-0.15, -0.1) is 0 Å². The largest absolute Gasteiger partial charge is 0.490 e. The Labute approximate surface area is 157 Å². The van der Waals surface area contributed by atoms with Crippen LogP contribution in [0, 0.1) is 12.7 Å². The lowest BCUT2D eigenvalue weighted by molar-refractivity contribution is -0.192. The van der Waals surface area contributed by atoms with E-state index in [0.717, 1.165) is 11.4 Å². The van der Waals surface area contributed by atoms with Crippen LogP contribution in [0.15, 0.2) is 36.4 Å². The van der Waals surface area contributed by atoms with E-state index >= 15 is 0 Å². The second kappa shape index (κ2) is 9.86. The quantitative estimate of drug-likeness (QED) is 0.757. The molecule has 0 aliphatic rings. The number of carboxylic acid groups (broad SMARTS) is 1. The van der Waals surface area contributed by atoms with Crippen molar-refractivity contribution in [2.45, 2.75) is 19.5 Å². The number of carboxylic acids is 1. The Hall–Kier alpha value is -2.68. The summed E-state index contributed by atoms with van der Waals surface area (Å²) >= 11 is 5.64. The first-order chi connectivity index (χ1) is 12.5. The van der Waals surface area contributed by atoms with E-state index in [1.54, 1.807) is 6.07 Å². The van der Waals surface area contributed by atoms with Gasteiger partial charge in [-0.25, -0.2) is 9.18 Å². The molecule has 1 heterocycles. The van der Waals surface area contributed by atoms with Crippen LogP contribution in [-0.4, -0.2) is 34.7 Å². The maximum absolute atomic E-state index is 13.7. The van der Waals surface area contributed by atoms with Gasteiger partial charge in [0.15, 0.2) is 5.82 Å². The predicted octanol–water partition coefficient (Wildman–Crippen LogP) is 3.79. The molecule has 0 atom stereocenters. The van der Waals surface area contributed by atoms with Gasteiger partial charge in [0.1, 0.15) is 0 Å². The van der Waals surface area contributed by atoms with Crippen molar-refractivity contribution < 1.29 is 32.3 Å². The average Bonchev–Trinajstić information content (AvgIpc) is 2.57. The molecule has 27 heavy (non-hydrogen) atoms. The summed E-state index contributed by atoms with van der Waals surface area (Å²) < 4.78 is 45.4. The summed E-state index contributed by atoms with van der Waals surface area (Å²) in [4.78, 5) is 25.1. The number of alkyl halides is 3. The Morgan fingerprint density at radius 2 is 1.78 bits per heavy atom. The van der Waals surface area contributed by atoms with E-state index < -0.39 is 23.9 Å². The first kappa shape index (κ1) is 22.4. The lowest BCUT2D eigenvalue weighted by Gasteiger charge is -2.07. The van der Waals surface area contributed by atoms with Gasteiger partial charge in [0, 0.05) is 24.4 Å². The normalized spacial score (nSPS) is 10.6. The molecule has 2 aromatic rings. The van der Waals surface area contributed by atoms with E-state index in [2.05, 4.69) is 10.3 Å². The summed E-state index contributed by atoms with van der Waals surface area (Å²) in [7, 11) is 0. The van der Waals surface area contributed by atoms with Gasteiger partial charge in [-0.3, -0.25) is 9.78 Å². The molecule has 0 radical (unpaired) electrons. The van der Waals surface area contributed by atoms with Crippen molar-refractivity contribution in [2.75, 3.05) is 6.54 Å². The molecule has 2 rings (SSSR count). The van der Waals surface area contributed by atoms with Gasteiger partial charge in [0.25, 0.3) is 5.91 Å². The van der Waals surface area contributed by atoms with Crippen molar-refractivity contribution in [3.63, 3.8) is 0 Å². The van der Waals surface area contributed by atoms with Crippen molar-refractivity contribution in [2.24, 2.45) is 0 Å². The number of aromatic nitrogens is 1. The Balaban J connectivity index is 0.000000445. The molecule has 0 bridgehead atoms. The van der Waals surface area contributed by atoms with Crippen LogP contribution in [0.5, 0.6) is 0 Å². The van der Waals surface area contributed by atoms with Crippen LogP contribution in [0.25, 0.3) is 0 Å². The number of rotatable bonds is 4. The summed E-state index contributed by atoms with van der Waals surface area (Å²) in [6, 6.07) is 10.1. The number of carbonyl (C=O) groups excluding carboxylic acids is 1. The number of hydrogen-bond acceptors (Lipinski definition) is 3. The maximum atomic E-state index is 13.7. The van der Waals surface area contributed by atoms with Crippen LogP contribution in [0.1, 0.15) is 21.7 Å². The predicted molar refractivity (Wildman–Crippen MR) is 90.1 cm³/mol. The number of benzene rings is 1. The standard InChI is InChI=1S/C15H14ClFN2O.C2HF3O2/c1-10-4-2-5-11(19-10)8-9-18-15(20)12-6-3-7-13(16)14(12)17;3-2(4,5)1(6)7/h2-7H,8-9H2,1H3,(H,18,20);(H,6,7). The highest BCUT2D eigenvalue weighted by Gasteiger charge is 2.38. The van der Waals surface area contributed by atoms with Gasteiger partial charge in [-0.2, -0.15) is 13.2 Å². The minimum absolute atomic E-state index is 0.0466. The summed E-state index contributed by atoms with van der Waals surface area (Å²) in [6.45, 7) is 2.30. The molecule has 0 unspecified atom stereocenters. The van der Waals surface area contributed by atoms with Crippen LogP contribution in [0.2, 0.25) is 5.02 Å². The zero-order chi connectivity index (χ0) is 20.6. The van der Waals surface area contributed by atoms with E-state index in [1.165, 1.54) is 12.1 Å². The second-order valence-corrected chi connectivity index (χ2v) is 5.59. The number of amides is 1. The summed E-state index contributed by atoms with van der Waals surface area (Å²) in [6.07, 6.45) is -4.49. The van der Waals surface area contributed by atoms with Crippen LogP contribution in [0.4, 0.5) is 17.6 Å². The summed E-state index contributed by atoms with van der Waals surface area (Å²) in [5.41, 5.74) is 1.77. The fraction of sp³-hybridized carbons (Fsp3) is 0.235.